The first-order valence-corrected chi connectivity index (χ1v) is 6.62. The fourth-order valence-corrected chi connectivity index (χ4v) is 2.21. The molecular weight excluding hydrogens is 222 g/mol. The van der Waals surface area contributed by atoms with Gasteiger partial charge in [0.1, 0.15) is 0 Å². The van der Waals surface area contributed by atoms with E-state index in [2.05, 4.69) is 58.5 Å². The Morgan fingerprint density at radius 3 is 2.72 bits per heavy atom. The number of benzene rings is 1. The third-order valence-electron chi connectivity index (χ3n) is 3.41. The van der Waals surface area contributed by atoms with E-state index in [4.69, 9.17) is 0 Å². The van der Waals surface area contributed by atoms with E-state index in [0.717, 1.165) is 12.6 Å². The minimum atomic E-state index is 0.292. The number of aryl methyl sites for hydroxylation is 1. The lowest BCUT2D eigenvalue weighted by Gasteiger charge is -2.18. The molecule has 1 aliphatic carbocycles. The first-order chi connectivity index (χ1) is 8.83. The average Bonchev–Trinajstić information content (AvgIpc) is 3.13. The van der Waals surface area contributed by atoms with E-state index < -0.39 is 0 Å². The van der Waals surface area contributed by atoms with E-state index >= 15 is 0 Å². The molecule has 0 radical (unpaired) electrons. The van der Waals surface area contributed by atoms with Crippen molar-refractivity contribution in [1.29, 1.82) is 0 Å². The molecule has 0 aliphatic heterocycles. The summed E-state index contributed by atoms with van der Waals surface area (Å²) in [6, 6.07) is 11.6. The molecule has 3 rings (SSSR count). The van der Waals surface area contributed by atoms with Crippen molar-refractivity contribution in [2.45, 2.75) is 31.8 Å². The Labute approximate surface area is 108 Å². The smallest absolute Gasteiger partial charge is 0.0892 e. The van der Waals surface area contributed by atoms with Crippen LogP contribution in [0.25, 0.3) is 0 Å². The van der Waals surface area contributed by atoms with Gasteiger partial charge >= 0.3 is 0 Å². The fourth-order valence-electron chi connectivity index (χ4n) is 2.21. The van der Waals surface area contributed by atoms with Crippen LogP contribution in [0.3, 0.4) is 0 Å². The summed E-state index contributed by atoms with van der Waals surface area (Å²) in [5.41, 5.74) is 2.52. The molecule has 0 spiro atoms. The highest BCUT2D eigenvalue weighted by Crippen LogP contribution is 2.22. The molecule has 0 saturated heterocycles. The van der Waals surface area contributed by atoms with Gasteiger partial charge in [-0.1, -0.05) is 30.3 Å². The molecule has 2 aromatic rings. The van der Waals surface area contributed by atoms with E-state index in [-0.39, 0.29) is 0 Å². The van der Waals surface area contributed by atoms with Crippen LogP contribution >= 0.6 is 0 Å². The minimum absolute atomic E-state index is 0.292. The van der Waals surface area contributed by atoms with Gasteiger partial charge in [-0.15, -0.1) is 0 Å². The number of nitrogens with zero attached hydrogens (tertiary/aromatic N) is 2. The summed E-state index contributed by atoms with van der Waals surface area (Å²) >= 11 is 0. The molecule has 1 saturated carbocycles. The maximum absolute atomic E-state index is 4.47. The molecule has 1 unspecified atom stereocenters. The number of hydrogen-bond donors (Lipinski definition) is 1. The Hall–Kier alpha value is -1.61. The highest BCUT2D eigenvalue weighted by atomic mass is 15.3. The molecule has 3 heteroatoms. The molecule has 1 aliphatic rings. The maximum atomic E-state index is 4.47. The van der Waals surface area contributed by atoms with E-state index in [1.807, 2.05) is 6.20 Å². The van der Waals surface area contributed by atoms with Crippen LogP contribution < -0.4 is 5.32 Å². The SMILES string of the molecule is Cc1cnn(C(CNC2CC2)c2ccccc2)c1. The number of hydrogen-bond acceptors (Lipinski definition) is 2. The van der Waals surface area contributed by atoms with Crippen molar-refractivity contribution >= 4 is 0 Å². The van der Waals surface area contributed by atoms with Crippen molar-refractivity contribution in [3.63, 3.8) is 0 Å². The van der Waals surface area contributed by atoms with Crippen LogP contribution in [0.15, 0.2) is 42.7 Å². The molecule has 1 N–H and O–H groups in total. The Morgan fingerprint density at radius 1 is 1.33 bits per heavy atom. The highest BCUT2D eigenvalue weighted by molar-refractivity contribution is 5.20. The van der Waals surface area contributed by atoms with Crippen molar-refractivity contribution in [3.05, 3.63) is 53.9 Å². The molecule has 0 bridgehead atoms. The fraction of sp³-hybridized carbons (Fsp3) is 0.400. The lowest BCUT2D eigenvalue weighted by molar-refractivity contribution is 0.478. The average molecular weight is 241 g/mol. The lowest BCUT2D eigenvalue weighted by atomic mass is 10.1. The van der Waals surface area contributed by atoms with Gasteiger partial charge in [0.15, 0.2) is 0 Å². The van der Waals surface area contributed by atoms with Gasteiger partial charge in [-0.3, -0.25) is 4.68 Å². The Kier molecular flexibility index (Phi) is 3.15. The lowest BCUT2D eigenvalue weighted by Crippen LogP contribution is -2.28. The molecule has 0 amide bonds. The van der Waals surface area contributed by atoms with Crippen LogP contribution in [-0.4, -0.2) is 22.4 Å². The van der Waals surface area contributed by atoms with Gasteiger partial charge in [0.05, 0.1) is 12.2 Å². The van der Waals surface area contributed by atoms with Crippen molar-refractivity contribution in [1.82, 2.24) is 15.1 Å². The molecule has 1 fully saturated rings. The van der Waals surface area contributed by atoms with Crippen molar-refractivity contribution in [2.24, 2.45) is 0 Å². The largest absolute Gasteiger partial charge is 0.312 e. The van der Waals surface area contributed by atoms with Crippen molar-refractivity contribution < 1.29 is 0 Å². The summed E-state index contributed by atoms with van der Waals surface area (Å²) in [5.74, 6) is 0. The monoisotopic (exact) mass is 241 g/mol. The van der Waals surface area contributed by atoms with Gasteiger partial charge in [-0.05, 0) is 30.9 Å². The zero-order chi connectivity index (χ0) is 12.4. The second kappa shape index (κ2) is 4.94. The Morgan fingerprint density at radius 2 is 2.11 bits per heavy atom. The molecule has 1 heterocycles. The molecule has 18 heavy (non-hydrogen) atoms. The molecule has 94 valence electrons. The quantitative estimate of drug-likeness (QED) is 0.871. The second-order valence-electron chi connectivity index (χ2n) is 5.11. The van der Waals surface area contributed by atoms with Crippen LogP contribution in [0.4, 0.5) is 0 Å². The summed E-state index contributed by atoms with van der Waals surface area (Å²) in [6.45, 7) is 3.04. The molecule has 1 aromatic heterocycles. The van der Waals surface area contributed by atoms with Crippen LogP contribution in [0.5, 0.6) is 0 Å². The van der Waals surface area contributed by atoms with Gasteiger partial charge in [0.25, 0.3) is 0 Å². The predicted molar refractivity (Wildman–Crippen MR) is 72.6 cm³/mol. The summed E-state index contributed by atoms with van der Waals surface area (Å²) in [7, 11) is 0. The number of aromatic nitrogens is 2. The van der Waals surface area contributed by atoms with E-state index in [1.165, 1.54) is 24.0 Å². The zero-order valence-electron chi connectivity index (χ0n) is 10.7. The Balaban J connectivity index is 1.82. The summed E-state index contributed by atoms with van der Waals surface area (Å²) in [5, 5.41) is 8.07. The third-order valence-corrected chi connectivity index (χ3v) is 3.41. The molecular formula is C15H19N3. The third kappa shape index (κ3) is 2.62. The summed E-state index contributed by atoms with van der Waals surface area (Å²) in [4.78, 5) is 0. The first kappa shape index (κ1) is 11.5. The Bertz CT molecular complexity index is 499. The second-order valence-corrected chi connectivity index (χ2v) is 5.11. The summed E-state index contributed by atoms with van der Waals surface area (Å²) < 4.78 is 2.07. The summed E-state index contributed by atoms with van der Waals surface area (Å²) in [6.07, 6.45) is 6.68. The van der Waals surface area contributed by atoms with Gasteiger partial charge in [0.2, 0.25) is 0 Å². The van der Waals surface area contributed by atoms with E-state index in [9.17, 15) is 0 Å². The van der Waals surface area contributed by atoms with E-state index in [1.54, 1.807) is 0 Å². The molecule has 1 atom stereocenters. The highest BCUT2D eigenvalue weighted by Gasteiger charge is 2.23. The van der Waals surface area contributed by atoms with Gasteiger partial charge in [-0.2, -0.15) is 5.10 Å². The standard InChI is InChI=1S/C15H19N3/c1-12-9-17-18(11-12)15(10-16-14-7-8-14)13-5-3-2-4-6-13/h2-6,9,11,14-16H,7-8,10H2,1H3. The number of rotatable bonds is 5. The van der Waals surface area contributed by atoms with Crippen LogP contribution in [0.1, 0.15) is 30.0 Å². The van der Waals surface area contributed by atoms with Gasteiger partial charge in [-0.25, -0.2) is 0 Å². The first-order valence-electron chi connectivity index (χ1n) is 6.62. The van der Waals surface area contributed by atoms with E-state index in [0.29, 0.717) is 6.04 Å². The zero-order valence-corrected chi connectivity index (χ0v) is 10.7. The van der Waals surface area contributed by atoms with Gasteiger partial charge < -0.3 is 5.32 Å². The predicted octanol–water partition coefficient (Wildman–Crippen LogP) is 2.53. The minimum Gasteiger partial charge on any atom is -0.312 e. The van der Waals surface area contributed by atoms with Crippen molar-refractivity contribution in [2.75, 3.05) is 6.54 Å². The van der Waals surface area contributed by atoms with Gasteiger partial charge in [0, 0.05) is 18.8 Å². The molecule has 1 aromatic carbocycles. The topological polar surface area (TPSA) is 29.9 Å². The van der Waals surface area contributed by atoms with Crippen LogP contribution in [0.2, 0.25) is 0 Å². The van der Waals surface area contributed by atoms with Crippen LogP contribution in [0, 0.1) is 6.92 Å². The maximum Gasteiger partial charge on any atom is 0.0892 e. The molecule has 3 nitrogen and oxygen atoms in total. The van der Waals surface area contributed by atoms with Crippen molar-refractivity contribution in [3.8, 4) is 0 Å². The van der Waals surface area contributed by atoms with Crippen LogP contribution in [-0.2, 0) is 0 Å². The normalized spacial score (nSPS) is 16.7. The number of nitrogens with one attached hydrogen (secondary N) is 1.